The van der Waals surface area contributed by atoms with Crippen molar-refractivity contribution in [2.75, 3.05) is 14.1 Å². The summed E-state index contributed by atoms with van der Waals surface area (Å²) in [6.07, 6.45) is 7.23. The number of benzene rings is 2. The summed E-state index contributed by atoms with van der Waals surface area (Å²) in [5.41, 5.74) is 6.01. The number of fused-ring (bicyclic) bond motifs is 1. The molecule has 1 fully saturated rings. The van der Waals surface area contributed by atoms with Crippen LogP contribution >= 0.6 is 0 Å². The quantitative estimate of drug-likeness (QED) is 0.630. The second-order valence-electron chi connectivity index (χ2n) is 8.04. The molecule has 0 saturated heterocycles. The lowest BCUT2D eigenvalue weighted by atomic mass is 9.86. The zero-order valence-electron chi connectivity index (χ0n) is 15.3. The van der Waals surface area contributed by atoms with Crippen molar-refractivity contribution in [3.05, 3.63) is 64.5 Å². The second kappa shape index (κ2) is 6.06. The maximum Gasteiger partial charge on any atom is 0.190 e. The smallest absolute Gasteiger partial charge is 0.190 e. The van der Waals surface area contributed by atoms with E-state index in [1.807, 2.05) is 19.3 Å². The normalized spacial score (nSPS) is 22.2. The van der Waals surface area contributed by atoms with Crippen molar-refractivity contribution in [1.29, 1.82) is 0 Å². The second-order valence-corrected chi connectivity index (χ2v) is 8.04. The third-order valence-electron chi connectivity index (χ3n) is 5.86. The summed E-state index contributed by atoms with van der Waals surface area (Å²) in [7, 11) is 4.34. The first kappa shape index (κ1) is 16.5. The van der Waals surface area contributed by atoms with Crippen LogP contribution in [0.4, 0.5) is 10.1 Å². The molecule has 0 N–H and O–H groups in total. The molecule has 1 atom stereocenters. The number of para-hydroxylation sites is 1. The van der Waals surface area contributed by atoms with E-state index in [9.17, 15) is 4.39 Å². The highest BCUT2D eigenvalue weighted by molar-refractivity contribution is 5.68. The van der Waals surface area contributed by atoms with Gasteiger partial charge in [-0.2, -0.15) is 0 Å². The van der Waals surface area contributed by atoms with Crippen molar-refractivity contribution in [2.24, 2.45) is 4.99 Å². The number of quaternary nitrogens is 1. The van der Waals surface area contributed by atoms with Crippen LogP contribution in [0.3, 0.4) is 0 Å². The van der Waals surface area contributed by atoms with Crippen LogP contribution in [0.5, 0.6) is 0 Å². The van der Waals surface area contributed by atoms with Gasteiger partial charge >= 0.3 is 0 Å². The predicted molar refractivity (Wildman–Crippen MR) is 101 cm³/mol. The van der Waals surface area contributed by atoms with Crippen LogP contribution in [0, 0.1) is 12.7 Å². The van der Waals surface area contributed by atoms with Crippen molar-refractivity contribution in [3.63, 3.8) is 0 Å². The molecular formula is C22H26FN2+. The van der Waals surface area contributed by atoms with E-state index in [0.29, 0.717) is 10.4 Å². The standard InChI is InChI=1S/C22H26FN2/c1-15-13-17(23)11-12-18(15)22-20-10-6-9-19(16-7-4-5-8-16)21(20)24-14-25(22,2)3/h6,9-14,16,22H,4-5,7-8H2,1-3H3/q+1. The molecule has 2 aliphatic rings. The number of aliphatic imine (C=N–C) groups is 1. The average molecular weight is 337 g/mol. The Kier molecular flexibility index (Phi) is 3.99. The zero-order valence-corrected chi connectivity index (χ0v) is 15.3. The SMILES string of the molecule is Cc1cc(F)ccc1C1c2cccc(C3CCCC3)c2N=C[N+]1(C)C. The summed E-state index contributed by atoms with van der Waals surface area (Å²) in [5, 5.41) is 0. The number of hydrogen-bond acceptors (Lipinski definition) is 1. The fourth-order valence-corrected chi connectivity index (χ4v) is 4.62. The van der Waals surface area contributed by atoms with Crippen molar-refractivity contribution >= 4 is 12.0 Å². The van der Waals surface area contributed by atoms with E-state index in [1.54, 1.807) is 12.1 Å². The van der Waals surface area contributed by atoms with Gasteiger partial charge in [0.2, 0.25) is 0 Å². The largest absolute Gasteiger partial charge is 0.276 e. The molecule has 1 aliphatic carbocycles. The van der Waals surface area contributed by atoms with Gasteiger partial charge in [-0.15, -0.1) is 0 Å². The molecule has 3 heteroatoms. The average Bonchev–Trinajstić information content (AvgIpc) is 3.09. The summed E-state index contributed by atoms with van der Waals surface area (Å²) >= 11 is 0. The van der Waals surface area contributed by atoms with Gasteiger partial charge < -0.3 is 0 Å². The highest BCUT2D eigenvalue weighted by Gasteiger charge is 2.38. The van der Waals surface area contributed by atoms with Crippen molar-refractivity contribution < 1.29 is 8.87 Å². The summed E-state index contributed by atoms with van der Waals surface area (Å²) < 4.78 is 14.3. The fraction of sp³-hybridized carbons (Fsp3) is 0.409. The van der Waals surface area contributed by atoms with Crippen LogP contribution in [-0.2, 0) is 0 Å². The minimum absolute atomic E-state index is 0.148. The summed E-state index contributed by atoms with van der Waals surface area (Å²) in [5.74, 6) is 0.465. The van der Waals surface area contributed by atoms with Crippen molar-refractivity contribution in [2.45, 2.75) is 44.6 Å². The Bertz CT molecular complexity index is 832. The lowest BCUT2D eigenvalue weighted by Crippen LogP contribution is -2.44. The third kappa shape index (κ3) is 2.81. The molecule has 0 spiro atoms. The molecular weight excluding hydrogens is 311 g/mol. The van der Waals surface area contributed by atoms with E-state index < -0.39 is 0 Å². The summed E-state index contributed by atoms with van der Waals surface area (Å²) in [6.45, 7) is 2.00. The van der Waals surface area contributed by atoms with E-state index >= 15 is 0 Å². The number of hydrogen-bond donors (Lipinski definition) is 0. The molecule has 1 heterocycles. The summed E-state index contributed by atoms with van der Waals surface area (Å²) in [6, 6.07) is 12.0. The predicted octanol–water partition coefficient (Wildman–Crippen LogP) is 5.63. The Morgan fingerprint density at radius 3 is 2.44 bits per heavy atom. The van der Waals surface area contributed by atoms with Gasteiger partial charge in [0.25, 0.3) is 0 Å². The van der Waals surface area contributed by atoms with Crippen molar-refractivity contribution in [3.8, 4) is 0 Å². The van der Waals surface area contributed by atoms with Crippen LogP contribution < -0.4 is 0 Å². The first-order valence-corrected chi connectivity index (χ1v) is 9.25. The Balaban J connectivity index is 1.88. The first-order chi connectivity index (χ1) is 12.0. The molecule has 130 valence electrons. The number of aryl methyl sites for hydroxylation is 1. The molecule has 0 amide bonds. The minimum atomic E-state index is -0.170. The van der Waals surface area contributed by atoms with Crippen LogP contribution in [0.2, 0.25) is 0 Å². The highest BCUT2D eigenvalue weighted by atomic mass is 19.1. The van der Waals surface area contributed by atoms with Gasteiger partial charge in [0, 0.05) is 11.1 Å². The lowest BCUT2D eigenvalue weighted by molar-refractivity contribution is -0.821. The van der Waals surface area contributed by atoms with Crippen molar-refractivity contribution in [1.82, 2.24) is 0 Å². The van der Waals surface area contributed by atoms with Gasteiger partial charge in [-0.05, 0) is 55.0 Å². The Morgan fingerprint density at radius 1 is 1.00 bits per heavy atom. The van der Waals surface area contributed by atoms with E-state index in [2.05, 4.69) is 32.3 Å². The van der Waals surface area contributed by atoms with Gasteiger partial charge in [-0.3, -0.25) is 4.48 Å². The molecule has 25 heavy (non-hydrogen) atoms. The molecule has 2 aromatic rings. The zero-order chi connectivity index (χ0) is 17.6. The molecule has 1 aliphatic heterocycles. The third-order valence-corrected chi connectivity index (χ3v) is 5.86. The Hall–Kier alpha value is -2.00. The number of halogens is 1. The minimum Gasteiger partial charge on any atom is -0.276 e. The maximum atomic E-state index is 13.6. The van der Waals surface area contributed by atoms with Crippen LogP contribution in [0.25, 0.3) is 0 Å². The summed E-state index contributed by atoms with van der Waals surface area (Å²) in [4.78, 5) is 4.89. The van der Waals surface area contributed by atoms with E-state index in [4.69, 9.17) is 4.99 Å². The molecule has 1 saturated carbocycles. The molecule has 4 rings (SSSR count). The monoisotopic (exact) mass is 337 g/mol. The van der Waals surface area contributed by atoms with Gasteiger partial charge in [0.1, 0.15) is 11.9 Å². The molecule has 1 unspecified atom stereocenters. The van der Waals surface area contributed by atoms with Crippen LogP contribution in [0.15, 0.2) is 41.4 Å². The molecule has 0 aromatic heterocycles. The Morgan fingerprint density at radius 2 is 1.72 bits per heavy atom. The van der Waals surface area contributed by atoms with Crippen LogP contribution in [0.1, 0.15) is 59.9 Å². The molecule has 2 aromatic carbocycles. The Labute approximate surface area is 149 Å². The fourth-order valence-electron chi connectivity index (χ4n) is 4.62. The molecule has 0 bridgehead atoms. The topological polar surface area (TPSA) is 12.4 Å². The van der Waals surface area contributed by atoms with Crippen LogP contribution in [-0.4, -0.2) is 24.9 Å². The first-order valence-electron chi connectivity index (χ1n) is 9.25. The molecule has 2 nitrogen and oxygen atoms in total. The number of nitrogens with zero attached hydrogens (tertiary/aromatic N) is 2. The van der Waals surface area contributed by atoms with E-state index in [0.717, 1.165) is 11.3 Å². The highest BCUT2D eigenvalue weighted by Crippen LogP contribution is 2.47. The molecule has 0 radical (unpaired) electrons. The van der Waals surface area contributed by atoms with Gasteiger partial charge in [-0.25, -0.2) is 9.38 Å². The van der Waals surface area contributed by atoms with E-state index in [1.165, 1.54) is 42.4 Å². The maximum absolute atomic E-state index is 13.6. The van der Waals surface area contributed by atoms with Gasteiger partial charge in [-0.1, -0.05) is 31.0 Å². The van der Waals surface area contributed by atoms with Gasteiger partial charge in [0.05, 0.1) is 19.8 Å². The van der Waals surface area contributed by atoms with Gasteiger partial charge in [0.15, 0.2) is 6.34 Å². The van der Waals surface area contributed by atoms with E-state index in [-0.39, 0.29) is 11.9 Å². The number of rotatable bonds is 2. The lowest BCUT2D eigenvalue weighted by Gasteiger charge is -2.38.